The van der Waals surface area contributed by atoms with E-state index in [1.54, 1.807) is 14.0 Å². The third-order valence-electron chi connectivity index (χ3n) is 2.88. The number of hydrogen-bond acceptors (Lipinski definition) is 7. The van der Waals surface area contributed by atoms with Crippen molar-refractivity contribution >= 4 is 23.4 Å². The zero-order chi connectivity index (χ0) is 16.0. The number of nitrogens with zero attached hydrogens (tertiary/aromatic N) is 4. The van der Waals surface area contributed by atoms with Crippen molar-refractivity contribution < 1.29 is 9.72 Å². The minimum atomic E-state index is -0.627. The van der Waals surface area contributed by atoms with Gasteiger partial charge in [-0.05, 0) is 20.8 Å². The second kappa shape index (κ2) is 7.36. The molecule has 0 spiro atoms. The minimum absolute atomic E-state index is 0.0244. The second-order valence-electron chi connectivity index (χ2n) is 4.43. The summed E-state index contributed by atoms with van der Waals surface area (Å²) < 4.78 is 0. The molecule has 0 aliphatic carbocycles. The van der Waals surface area contributed by atoms with Crippen LogP contribution in [0.3, 0.4) is 0 Å². The Balaban J connectivity index is 3.01. The van der Waals surface area contributed by atoms with Gasteiger partial charge in [-0.3, -0.25) is 14.9 Å². The molecule has 1 rings (SSSR count). The van der Waals surface area contributed by atoms with Gasteiger partial charge in [0.15, 0.2) is 0 Å². The number of aromatic nitrogens is 2. The summed E-state index contributed by atoms with van der Waals surface area (Å²) in [6.45, 7) is 6.48. The number of amides is 1. The van der Waals surface area contributed by atoms with Crippen LogP contribution in [0.15, 0.2) is 6.20 Å². The first-order chi connectivity index (χ1) is 9.90. The first-order valence-electron chi connectivity index (χ1n) is 6.67. The van der Waals surface area contributed by atoms with Crippen LogP contribution in [0.25, 0.3) is 0 Å². The fourth-order valence-corrected chi connectivity index (χ4v) is 1.61. The normalized spacial score (nSPS) is 11.6. The average Bonchev–Trinajstić information content (AvgIpc) is 2.45. The number of nitro groups is 1. The van der Waals surface area contributed by atoms with Crippen molar-refractivity contribution in [2.75, 3.05) is 30.8 Å². The Kier molecular flexibility index (Phi) is 5.82. The fourth-order valence-electron chi connectivity index (χ4n) is 1.61. The molecule has 1 amide bonds. The van der Waals surface area contributed by atoms with Crippen molar-refractivity contribution in [2.45, 2.75) is 26.8 Å². The zero-order valence-corrected chi connectivity index (χ0v) is 12.6. The SMILES string of the molecule is CCNc1ncc([N+](=O)[O-])c(NC(C)C(=O)N(C)CC)n1. The van der Waals surface area contributed by atoms with Crippen molar-refractivity contribution in [3.8, 4) is 0 Å². The molecule has 0 aliphatic heterocycles. The maximum absolute atomic E-state index is 12.0. The lowest BCUT2D eigenvalue weighted by Gasteiger charge is -2.20. The summed E-state index contributed by atoms with van der Waals surface area (Å²) in [6.07, 6.45) is 1.12. The number of likely N-dealkylation sites (N-methyl/N-ethyl adjacent to an activating group) is 1. The molecule has 1 unspecified atom stereocenters. The number of anilines is 2. The van der Waals surface area contributed by atoms with E-state index in [4.69, 9.17) is 0 Å². The van der Waals surface area contributed by atoms with Gasteiger partial charge in [0.05, 0.1) is 4.92 Å². The first-order valence-corrected chi connectivity index (χ1v) is 6.67. The van der Waals surface area contributed by atoms with Crippen molar-refractivity contribution in [1.29, 1.82) is 0 Å². The summed E-state index contributed by atoms with van der Waals surface area (Å²) in [5.74, 6) is 0.126. The van der Waals surface area contributed by atoms with Gasteiger partial charge in [0.2, 0.25) is 17.7 Å². The summed E-state index contributed by atoms with van der Waals surface area (Å²) in [4.78, 5) is 31.8. The van der Waals surface area contributed by atoms with Gasteiger partial charge in [0.25, 0.3) is 0 Å². The van der Waals surface area contributed by atoms with E-state index >= 15 is 0 Å². The quantitative estimate of drug-likeness (QED) is 0.572. The Labute approximate surface area is 122 Å². The Morgan fingerprint density at radius 3 is 2.71 bits per heavy atom. The van der Waals surface area contributed by atoms with E-state index in [2.05, 4.69) is 20.6 Å². The van der Waals surface area contributed by atoms with Crippen LogP contribution in [0.2, 0.25) is 0 Å². The molecule has 0 fully saturated rings. The van der Waals surface area contributed by atoms with Crippen LogP contribution >= 0.6 is 0 Å². The Hall–Kier alpha value is -2.45. The molecular weight excluding hydrogens is 276 g/mol. The molecule has 116 valence electrons. The smallest absolute Gasteiger partial charge is 0.329 e. The lowest BCUT2D eigenvalue weighted by atomic mass is 10.3. The molecule has 1 aromatic rings. The summed E-state index contributed by atoms with van der Waals surface area (Å²) in [7, 11) is 1.67. The molecule has 1 heterocycles. The molecule has 0 saturated heterocycles. The lowest BCUT2D eigenvalue weighted by molar-refractivity contribution is -0.384. The predicted octanol–water partition coefficient (Wildman–Crippen LogP) is 1.10. The molecule has 1 atom stereocenters. The van der Waals surface area contributed by atoms with Crippen LogP contribution in [0.1, 0.15) is 20.8 Å². The molecule has 9 nitrogen and oxygen atoms in total. The molecule has 0 aliphatic rings. The Morgan fingerprint density at radius 1 is 1.52 bits per heavy atom. The number of nitrogens with one attached hydrogen (secondary N) is 2. The maximum atomic E-state index is 12.0. The molecular formula is C12H20N6O3. The largest absolute Gasteiger partial charge is 0.354 e. The maximum Gasteiger partial charge on any atom is 0.329 e. The van der Waals surface area contributed by atoms with E-state index in [1.807, 2.05) is 13.8 Å². The van der Waals surface area contributed by atoms with Crippen LogP contribution in [0.5, 0.6) is 0 Å². The van der Waals surface area contributed by atoms with Crippen LogP contribution in [0, 0.1) is 10.1 Å². The number of carbonyl (C=O) groups excluding carboxylic acids is 1. The van der Waals surface area contributed by atoms with E-state index in [9.17, 15) is 14.9 Å². The van der Waals surface area contributed by atoms with Gasteiger partial charge in [0, 0.05) is 20.1 Å². The Bertz CT molecular complexity index is 522. The van der Waals surface area contributed by atoms with Gasteiger partial charge in [-0.1, -0.05) is 0 Å². The fraction of sp³-hybridized carbons (Fsp3) is 0.583. The van der Waals surface area contributed by atoms with E-state index in [1.165, 1.54) is 4.90 Å². The molecule has 0 aromatic carbocycles. The van der Waals surface area contributed by atoms with E-state index in [-0.39, 0.29) is 23.4 Å². The van der Waals surface area contributed by atoms with Crippen LogP contribution < -0.4 is 10.6 Å². The van der Waals surface area contributed by atoms with Crippen LogP contribution in [-0.4, -0.2) is 51.9 Å². The van der Waals surface area contributed by atoms with Crippen LogP contribution in [0.4, 0.5) is 17.5 Å². The third-order valence-corrected chi connectivity index (χ3v) is 2.88. The van der Waals surface area contributed by atoms with Crippen molar-refractivity contribution in [2.24, 2.45) is 0 Å². The minimum Gasteiger partial charge on any atom is -0.354 e. The van der Waals surface area contributed by atoms with Crippen molar-refractivity contribution in [3.05, 3.63) is 16.3 Å². The lowest BCUT2D eigenvalue weighted by Crippen LogP contribution is -2.39. The van der Waals surface area contributed by atoms with Gasteiger partial charge in [-0.15, -0.1) is 0 Å². The average molecular weight is 296 g/mol. The summed E-state index contributed by atoms with van der Waals surface area (Å²) in [5, 5.41) is 16.7. The molecule has 2 N–H and O–H groups in total. The topological polar surface area (TPSA) is 113 Å². The molecule has 1 aromatic heterocycles. The van der Waals surface area contributed by atoms with Gasteiger partial charge in [-0.2, -0.15) is 4.98 Å². The first kappa shape index (κ1) is 16.6. The highest BCUT2D eigenvalue weighted by Gasteiger charge is 2.23. The van der Waals surface area contributed by atoms with Gasteiger partial charge < -0.3 is 15.5 Å². The Morgan fingerprint density at radius 2 is 2.19 bits per heavy atom. The van der Waals surface area contributed by atoms with Gasteiger partial charge in [-0.25, -0.2) is 4.98 Å². The predicted molar refractivity (Wildman–Crippen MR) is 79.2 cm³/mol. The van der Waals surface area contributed by atoms with Crippen molar-refractivity contribution in [3.63, 3.8) is 0 Å². The summed E-state index contributed by atoms with van der Waals surface area (Å²) in [6, 6.07) is -0.627. The van der Waals surface area contributed by atoms with E-state index in [0.29, 0.717) is 13.1 Å². The monoisotopic (exact) mass is 296 g/mol. The summed E-state index contributed by atoms with van der Waals surface area (Å²) >= 11 is 0. The highest BCUT2D eigenvalue weighted by molar-refractivity contribution is 5.84. The van der Waals surface area contributed by atoms with Gasteiger partial charge in [0.1, 0.15) is 12.2 Å². The number of rotatable bonds is 7. The second-order valence-corrected chi connectivity index (χ2v) is 4.43. The van der Waals surface area contributed by atoms with Crippen LogP contribution in [-0.2, 0) is 4.79 Å². The molecule has 21 heavy (non-hydrogen) atoms. The van der Waals surface area contributed by atoms with Gasteiger partial charge >= 0.3 is 5.69 Å². The molecule has 0 saturated carbocycles. The summed E-state index contributed by atoms with van der Waals surface area (Å²) in [5.41, 5.74) is -0.268. The third kappa shape index (κ3) is 4.26. The number of hydrogen-bond donors (Lipinski definition) is 2. The highest BCUT2D eigenvalue weighted by Crippen LogP contribution is 2.22. The van der Waals surface area contributed by atoms with E-state index < -0.39 is 11.0 Å². The molecule has 9 heteroatoms. The highest BCUT2D eigenvalue weighted by atomic mass is 16.6. The molecule has 0 bridgehead atoms. The molecule has 0 radical (unpaired) electrons. The van der Waals surface area contributed by atoms with E-state index in [0.717, 1.165) is 6.20 Å². The van der Waals surface area contributed by atoms with Crippen molar-refractivity contribution in [1.82, 2.24) is 14.9 Å². The number of carbonyl (C=O) groups is 1. The standard InChI is InChI=1S/C12H20N6O3/c1-5-13-12-14-7-9(18(20)21)10(16-12)15-8(3)11(19)17(4)6-2/h7-8H,5-6H2,1-4H3,(H2,13,14,15,16). The zero-order valence-electron chi connectivity index (χ0n) is 12.6.